The molecular weight excluding hydrogens is 491 g/mol. The summed E-state index contributed by atoms with van der Waals surface area (Å²) < 4.78 is 45.5. The first-order valence-electron chi connectivity index (χ1n) is 12.3. The summed E-state index contributed by atoms with van der Waals surface area (Å²) in [6, 6.07) is 17.0. The fourth-order valence-corrected chi connectivity index (χ4v) is 5.26. The summed E-state index contributed by atoms with van der Waals surface area (Å²) >= 11 is 0. The molecule has 7 nitrogen and oxygen atoms in total. The number of rotatable bonds is 8. The second-order valence-corrected chi connectivity index (χ2v) is 11.1. The average molecular weight is 521 g/mol. The van der Waals surface area contributed by atoms with E-state index in [0.29, 0.717) is 6.54 Å². The fourth-order valence-electron chi connectivity index (χ4n) is 4.63. The van der Waals surface area contributed by atoms with Gasteiger partial charge < -0.3 is 9.30 Å². The lowest BCUT2D eigenvalue weighted by Gasteiger charge is -2.26. The molecule has 1 aliphatic heterocycles. The lowest BCUT2D eigenvalue weighted by atomic mass is 10.1. The lowest BCUT2D eigenvalue weighted by molar-refractivity contribution is 0.0369. The van der Waals surface area contributed by atoms with E-state index < -0.39 is 9.84 Å². The molecule has 1 saturated heterocycles. The summed E-state index contributed by atoms with van der Waals surface area (Å²) in [5.74, 6) is 0.420. The SMILES string of the molecule is CS(=O)(=O)c1ccc(-c2nc(-c3ccc(F)cc3)c(-c3ccncc3)n2CCCN2CCOCC2)cc1. The van der Waals surface area contributed by atoms with Crippen molar-refractivity contribution in [3.8, 4) is 33.9 Å². The van der Waals surface area contributed by atoms with Crippen LogP contribution in [0.4, 0.5) is 4.39 Å². The number of morpholine rings is 1. The third-order valence-corrected chi connectivity index (χ3v) is 7.67. The maximum absolute atomic E-state index is 13.8. The van der Waals surface area contributed by atoms with E-state index in [1.54, 1.807) is 48.8 Å². The fraction of sp³-hybridized carbons (Fsp3) is 0.286. The Morgan fingerprint density at radius 3 is 2.16 bits per heavy atom. The molecule has 9 heteroatoms. The summed E-state index contributed by atoms with van der Waals surface area (Å²) in [6.45, 7) is 4.96. The van der Waals surface area contributed by atoms with E-state index >= 15 is 0 Å². The Morgan fingerprint density at radius 1 is 0.865 bits per heavy atom. The molecule has 0 N–H and O–H groups in total. The maximum Gasteiger partial charge on any atom is 0.175 e. The van der Waals surface area contributed by atoms with Crippen molar-refractivity contribution >= 4 is 9.84 Å². The third kappa shape index (κ3) is 5.79. The van der Waals surface area contributed by atoms with Gasteiger partial charge >= 0.3 is 0 Å². The monoisotopic (exact) mass is 520 g/mol. The third-order valence-electron chi connectivity index (χ3n) is 6.54. The molecule has 2 aromatic heterocycles. The number of imidazole rings is 1. The minimum atomic E-state index is -3.32. The molecule has 37 heavy (non-hydrogen) atoms. The summed E-state index contributed by atoms with van der Waals surface area (Å²) in [6.07, 6.45) is 5.58. The number of pyridine rings is 1. The van der Waals surface area contributed by atoms with E-state index in [0.717, 1.165) is 73.2 Å². The van der Waals surface area contributed by atoms with E-state index in [9.17, 15) is 12.8 Å². The van der Waals surface area contributed by atoms with Crippen LogP contribution in [0.5, 0.6) is 0 Å². The molecule has 0 saturated carbocycles. The van der Waals surface area contributed by atoms with Crippen LogP contribution in [0.15, 0.2) is 78.0 Å². The van der Waals surface area contributed by atoms with Gasteiger partial charge in [-0.2, -0.15) is 0 Å². The van der Waals surface area contributed by atoms with E-state index in [2.05, 4.69) is 14.5 Å². The molecule has 0 bridgehead atoms. The second kappa shape index (κ2) is 10.9. The van der Waals surface area contributed by atoms with Crippen molar-refractivity contribution in [1.29, 1.82) is 0 Å². The zero-order valence-corrected chi connectivity index (χ0v) is 21.5. The van der Waals surface area contributed by atoms with Crippen molar-refractivity contribution in [2.45, 2.75) is 17.9 Å². The maximum atomic E-state index is 13.8. The Hall–Kier alpha value is -3.40. The Kier molecular flexibility index (Phi) is 7.45. The Balaban J connectivity index is 1.62. The van der Waals surface area contributed by atoms with Crippen molar-refractivity contribution < 1.29 is 17.5 Å². The highest BCUT2D eigenvalue weighted by molar-refractivity contribution is 7.90. The molecule has 4 aromatic rings. The van der Waals surface area contributed by atoms with Crippen molar-refractivity contribution in [3.63, 3.8) is 0 Å². The van der Waals surface area contributed by atoms with Crippen LogP contribution in [0, 0.1) is 5.82 Å². The van der Waals surface area contributed by atoms with Gasteiger partial charge in [0.2, 0.25) is 0 Å². The largest absolute Gasteiger partial charge is 0.379 e. The van der Waals surface area contributed by atoms with E-state index in [1.807, 2.05) is 12.1 Å². The Labute approximate surface area is 216 Å². The molecule has 3 heterocycles. The molecule has 5 rings (SSSR count). The van der Waals surface area contributed by atoms with Crippen LogP contribution in [0.3, 0.4) is 0 Å². The van der Waals surface area contributed by atoms with Gasteiger partial charge in [-0.05, 0) is 67.1 Å². The molecule has 2 aromatic carbocycles. The molecule has 0 unspecified atom stereocenters. The van der Waals surface area contributed by atoms with Crippen molar-refractivity contribution in [2.24, 2.45) is 0 Å². The smallest absolute Gasteiger partial charge is 0.175 e. The number of halogens is 1. The Bertz CT molecular complexity index is 1450. The number of benzene rings is 2. The normalized spacial score (nSPS) is 14.6. The molecule has 1 aliphatic rings. The molecule has 0 spiro atoms. The first-order valence-corrected chi connectivity index (χ1v) is 14.2. The minimum absolute atomic E-state index is 0.259. The molecule has 0 atom stereocenters. The molecule has 0 aliphatic carbocycles. The second-order valence-electron chi connectivity index (χ2n) is 9.13. The summed E-state index contributed by atoms with van der Waals surface area (Å²) in [5.41, 5.74) is 4.21. The zero-order valence-electron chi connectivity index (χ0n) is 20.7. The molecular formula is C28H29FN4O3S. The van der Waals surface area contributed by atoms with Crippen molar-refractivity contribution in [1.82, 2.24) is 19.4 Å². The molecule has 1 fully saturated rings. The van der Waals surface area contributed by atoms with Crippen molar-refractivity contribution in [3.05, 3.63) is 78.9 Å². The van der Waals surface area contributed by atoms with Gasteiger partial charge in [-0.1, -0.05) is 0 Å². The van der Waals surface area contributed by atoms with E-state index in [-0.39, 0.29) is 10.7 Å². The highest BCUT2D eigenvalue weighted by Gasteiger charge is 2.22. The minimum Gasteiger partial charge on any atom is -0.379 e. The standard InChI is InChI=1S/C28H29FN4O3S/c1-37(34,35)25-9-5-23(6-10-25)28-31-26(21-3-7-24(29)8-4-21)27(22-11-13-30-14-12-22)33(28)16-2-15-32-17-19-36-20-18-32/h3-14H,2,15-20H2,1H3. The van der Waals surface area contributed by atoms with Gasteiger partial charge in [-0.25, -0.2) is 17.8 Å². The Morgan fingerprint density at radius 2 is 1.51 bits per heavy atom. The first-order chi connectivity index (χ1) is 17.9. The van der Waals surface area contributed by atoms with Gasteiger partial charge in [0.05, 0.1) is 29.5 Å². The number of nitrogens with zero attached hydrogens (tertiary/aromatic N) is 4. The lowest BCUT2D eigenvalue weighted by Crippen LogP contribution is -2.37. The molecule has 0 amide bonds. The van der Waals surface area contributed by atoms with Gasteiger partial charge in [0.25, 0.3) is 0 Å². The van der Waals surface area contributed by atoms with Crippen LogP contribution in [0.2, 0.25) is 0 Å². The highest BCUT2D eigenvalue weighted by atomic mass is 32.2. The van der Waals surface area contributed by atoms with E-state index in [1.165, 1.54) is 18.4 Å². The number of hydrogen-bond donors (Lipinski definition) is 0. The summed E-state index contributed by atoms with van der Waals surface area (Å²) in [4.78, 5) is 11.9. The number of sulfone groups is 1. The summed E-state index contributed by atoms with van der Waals surface area (Å²) in [7, 11) is -3.32. The van der Waals surface area contributed by atoms with Crippen LogP contribution in [0.25, 0.3) is 33.9 Å². The van der Waals surface area contributed by atoms with Crippen LogP contribution >= 0.6 is 0 Å². The van der Waals surface area contributed by atoms with Gasteiger partial charge in [-0.15, -0.1) is 0 Å². The van der Waals surface area contributed by atoms with Crippen LogP contribution in [-0.2, 0) is 21.1 Å². The molecule has 0 radical (unpaired) electrons. The van der Waals surface area contributed by atoms with Gasteiger partial charge in [0, 0.05) is 61.5 Å². The van der Waals surface area contributed by atoms with Gasteiger partial charge in [0.1, 0.15) is 11.6 Å². The van der Waals surface area contributed by atoms with Crippen LogP contribution in [-0.4, -0.2) is 67.0 Å². The molecule has 192 valence electrons. The predicted molar refractivity (Wildman–Crippen MR) is 141 cm³/mol. The average Bonchev–Trinajstić information content (AvgIpc) is 3.29. The number of ether oxygens (including phenoxy) is 1. The van der Waals surface area contributed by atoms with Crippen LogP contribution < -0.4 is 0 Å². The highest BCUT2D eigenvalue weighted by Crippen LogP contribution is 2.36. The quantitative estimate of drug-likeness (QED) is 0.339. The number of hydrogen-bond acceptors (Lipinski definition) is 6. The van der Waals surface area contributed by atoms with Gasteiger partial charge in [0.15, 0.2) is 9.84 Å². The van der Waals surface area contributed by atoms with Crippen LogP contribution in [0.1, 0.15) is 6.42 Å². The predicted octanol–water partition coefficient (Wildman–Crippen LogP) is 4.54. The first kappa shape index (κ1) is 25.3. The van der Waals surface area contributed by atoms with Gasteiger partial charge in [-0.3, -0.25) is 9.88 Å². The van der Waals surface area contributed by atoms with Crippen molar-refractivity contribution in [2.75, 3.05) is 39.1 Å². The number of aromatic nitrogens is 3. The summed E-state index contributed by atoms with van der Waals surface area (Å²) in [5, 5.41) is 0. The zero-order chi connectivity index (χ0) is 25.8. The van der Waals surface area contributed by atoms with E-state index in [4.69, 9.17) is 9.72 Å². The topological polar surface area (TPSA) is 77.3 Å².